The van der Waals surface area contributed by atoms with Gasteiger partial charge in [-0.25, -0.2) is 0 Å². The summed E-state index contributed by atoms with van der Waals surface area (Å²) in [6.07, 6.45) is 3.74. The van der Waals surface area contributed by atoms with Crippen molar-refractivity contribution < 1.29 is 0 Å². The number of nitrogens with zero attached hydrogens (tertiary/aromatic N) is 3. The maximum absolute atomic E-state index is 12.7. The summed E-state index contributed by atoms with van der Waals surface area (Å²) in [6, 6.07) is 17.5. The Morgan fingerprint density at radius 1 is 0.958 bits per heavy atom. The summed E-state index contributed by atoms with van der Waals surface area (Å²) in [5.41, 5.74) is 3.44. The number of benzene rings is 2. The average Bonchev–Trinajstić information content (AvgIpc) is 2.64. The van der Waals surface area contributed by atoms with Crippen LogP contribution in [0.3, 0.4) is 0 Å². The largest absolute Gasteiger partial charge is 0.339 e. The number of rotatable bonds is 2. The highest BCUT2D eigenvalue weighted by molar-refractivity contribution is 6.33. The lowest BCUT2D eigenvalue weighted by Gasteiger charge is -2.31. The van der Waals surface area contributed by atoms with Crippen molar-refractivity contribution in [3.05, 3.63) is 81.7 Å². The molecule has 0 atom stereocenters. The third-order valence-electron chi connectivity index (χ3n) is 4.30. The molecule has 2 heterocycles. The van der Waals surface area contributed by atoms with Gasteiger partial charge in [0, 0.05) is 12.2 Å². The minimum Gasteiger partial charge on any atom is -0.339 e. The second kappa shape index (κ2) is 6.13. The maximum Gasteiger partial charge on any atom is 0.292 e. The summed E-state index contributed by atoms with van der Waals surface area (Å²) in [5.74, 6) is 0. The lowest BCUT2D eigenvalue weighted by Crippen LogP contribution is -2.29. The molecule has 1 aromatic heterocycles. The first kappa shape index (κ1) is 15.0. The van der Waals surface area contributed by atoms with Crippen molar-refractivity contribution in [2.45, 2.75) is 12.8 Å². The SMILES string of the molecule is O=c1c(Cl)c(N2CCCc3ccccc32)cnn1-c1ccccc1. The molecule has 0 unspecified atom stereocenters. The van der Waals surface area contributed by atoms with Gasteiger partial charge in [0.2, 0.25) is 0 Å². The molecular weight excluding hydrogens is 322 g/mol. The molecule has 4 nitrogen and oxygen atoms in total. The van der Waals surface area contributed by atoms with Crippen molar-refractivity contribution in [2.24, 2.45) is 0 Å². The number of para-hydroxylation sites is 2. The van der Waals surface area contributed by atoms with Crippen molar-refractivity contribution in [3.63, 3.8) is 0 Å². The van der Waals surface area contributed by atoms with Gasteiger partial charge in [-0.15, -0.1) is 0 Å². The van der Waals surface area contributed by atoms with E-state index in [9.17, 15) is 4.79 Å². The molecule has 24 heavy (non-hydrogen) atoms. The zero-order chi connectivity index (χ0) is 16.5. The zero-order valence-corrected chi connectivity index (χ0v) is 13.8. The second-order valence-corrected chi connectivity index (χ2v) is 6.16. The van der Waals surface area contributed by atoms with Crippen LogP contribution in [0.15, 0.2) is 65.6 Å². The molecule has 1 aliphatic rings. The quantitative estimate of drug-likeness (QED) is 0.710. The van der Waals surface area contributed by atoms with Crippen LogP contribution >= 0.6 is 11.6 Å². The van der Waals surface area contributed by atoms with E-state index < -0.39 is 0 Å². The van der Waals surface area contributed by atoms with Crippen LogP contribution in [0.25, 0.3) is 5.69 Å². The standard InChI is InChI=1S/C19H16ClN3O/c20-18-17(22-12-6-8-14-7-4-5-11-16(14)22)13-21-23(19(18)24)15-9-2-1-3-10-15/h1-5,7,9-11,13H,6,8,12H2. The van der Waals surface area contributed by atoms with Crippen LogP contribution in [0.1, 0.15) is 12.0 Å². The van der Waals surface area contributed by atoms with Gasteiger partial charge in [0.1, 0.15) is 5.02 Å². The van der Waals surface area contributed by atoms with Crippen LogP contribution in [0, 0.1) is 0 Å². The highest BCUT2D eigenvalue weighted by Crippen LogP contribution is 2.35. The fourth-order valence-electron chi connectivity index (χ4n) is 3.15. The fraction of sp³-hybridized carbons (Fsp3) is 0.158. The summed E-state index contributed by atoms with van der Waals surface area (Å²) in [6.45, 7) is 0.827. The summed E-state index contributed by atoms with van der Waals surface area (Å²) in [7, 11) is 0. The molecule has 0 spiro atoms. The highest BCUT2D eigenvalue weighted by atomic mass is 35.5. The first-order chi connectivity index (χ1) is 11.8. The molecule has 0 fully saturated rings. The molecule has 5 heteroatoms. The molecule has 2 aromatic carbocycles. The van der Waals surface area contributed by atoms with E-state index in [1.54, 1.807) is 6.20 Å². The Morgan fingerprint density at radius 2 is 1.71 bits per heavy atom. The summed E-state index contributed by atoms with van der Waals surface area (Å²) in [4.78, 5) is 14.8. The lowest BCUT2D eigenvalue weighted by atomic mass is 10.0. The lowest BCUT2D eigenvalue weighted by molar-refractivity contribution is 0.752. The predicted octanol–water partition coefficient (Wildman–Crippen LogP) is 3.97. The van der Waals surface area contributed by atoms with E-state index in [0.29, 0.717) is 11.4 Å². The van der Waals surface area contributed by atoms with E-state index in [1.807, 2.05) is 42.5 Å². The van der Waals surface area contributed by atoms with Crippen molar-refractivity contribution in [2.75, 3.05) is 11.4 Å². The Kier molecular flexibility index (Phi) is 3.82. The molecule has 0 saturated heterocycles. The molecular formula is C19H16ClN3O. The second-order valence-electron chi connectivity index (χ2n) is 5.78. The first-order valence-electron chi connectivity index (χ1n) is 7.94. The number of halogens is 1. The van der Waals surface area contributed by atoms with E-state index in [2.05, 4.69) is 22.1 Å². The van der Waals surface area contributed by atoms with Crippen molar-refractivity contribution in [1.29, 1.82) is 0 Å². The molecule has 3 aromatic rings. The van der Waals surface area contributed by atoms with Crippen LogP contribution in [-0.2, 0) is 6.42 Å². The van der Waals surface area contributed by atoms with Crippen LogP contribution in [0.5, 0.6) is 0 Å². The topological polar surface area (TPSA) is 38.1 Å². The Labute approximate surface area is 144 Å². The number of aryl methyl sites for hydroxylation is 1. The van der Waals surface area contributed by atoms with Gasteiger partial charge < -0.3 is 4.90 Å². The Morgan fingerprint density at radius 3 is 2.54 bits per heavy atom. The first-order valence-corrected chi connectivity index (χ1v) is 8.32. The molecule has 0 saturated carbocycles. The van der Waals surface area contributed by atoms with Gasteiger partial charge in [-0.1, -0.05) is 48.0 Å². The van der Waals surface area contributed by atoms with Gasteiger partial charge in [0.15, 0.2) is 0 Å². The summed E-state index contributed by atoms with van der Waals surface area (Å²) in [5, 5.41) is 4.54. The van der Waals surface area contributed by atoms with Crippen molar-refractivity contribution in [3.8, 4) is 5.69 Å². The van der Waals surface area contributed by atoms with E-state index in [-0.39, 0.29) is 10.6 Å². The van der Waals surface area contributed by atoms with Gasteiger partial charge in [0.25, 0.3) is 5.56 Å². The molecule has 4 rings (SSSR count). The van der Waals surface area contributed by atoms with E-state index in [4.69, 9.17) is 11.6 Å². The molecule has 0 bridgehead atoms. The van der Waals surface area contributed by atoms with Crippen LogP contribution in [0.2, 0.25) is 5.02 Å². The Bertz CT molecular complexity index is 937. The van der Waals surface area contributed by atoms with Crippen LogP contribution < -0.4 is 10.5 Å². The van der Waals surface area contributed by atoms with Crippen LogP contribution in [0.4, 0.5) is 11.4 Å². The minimum absolute atomic E-state index is 0.200. The normalized spacial score (nSPS) is 13.6. The molecule has 1 aliphatic heterocycles. The van der Waals surface area contributed by atoms with Gasteiger partial charge in [-0.2, -0.15) is 9.78 Å². The van der Waals surface area contributed by atoms with Gasteiger partial charge >= 0.3 is 0 Å². The Balaban J connectivity index is 1.82. The molecule has 0 aliphatic carbocycles. The average molecular weight is 338 g/mol. The monoisotopic (exact) mass is 337 g/mol. The third kappa shape index (κ3) is 2.49. The Hall–Kier alpha value is -2.59. The molecule has 0 amide bonds. The smallest absolute Gasteiger partial charge is 0.292 e. The molecule has 0 radical (unpaired) electrons. The van der Waals surface area contributed by atoms with Crippen molar-refractivity contribution >= 4 is 23.0 Å². The van der Waals surface area contributed by atoms with E-state index in [1.165, 1.54) is 10.2 Å². The molecule has 0 N–H and O–H groups in total. The minimum atomic E-state index is -0.302. The van der Waals surface area contributed by atoms with Gasteiger partial charge in [-0.05, 0) is 36.6 Å². The predicted molar refractivity (Wildman–Crippen MR) is 96.6 cm³/mol. The maximum atomic E-state index is 12.7. The summed E-state index contributed by atoms with van der Waals surface area (Å²) < 4.78 is 1.34. The highest BCUT2D eigenvalue weighted by Gasteiger charge is 2.22. The number of hydrogen-bond donors (Lipinski definition) is 0. The van der Waals surface area contributed by atoms with Crippen LogP contribution in [-0.4, -0.2) is 16.3 Å². The van der Waals surface area contributed by atoms with Crippen molar-refractivity contribution in [1.82, 2.24) is 9.78 Å². The number of fused-ring (bicyclic) bond motifs is 1. The van der Waals surface area contributed by atoms with Gasteiger partial charge in [-0.3, -0.25) is 4.79 Å². The number of aromatic nitrogens is 2. The third-order valence-corrected chi connectivity index (χ3v) is 4.66. The number of anilines is 2. The van der Waals surface area contributed by atoms with Gasteiger partial charge in [0.05, 0.1) is 17.6 Å². The fourth-order valence-corrected chi connectivity index (χ4v) is 3.38. The summed E-state index contributed by atoms with van der Waals surface area (Å²) >= 11 is 6.43. The zero-order valence-electron chi connectivity index (χ0n) is 13.0. The number of hydrogen-bond acceptors (Lipinski definition) is 3. The molecule has 120 valence electrons. The van der Waals surface area contributed by atoms with E-state index >= 15 is 0 Å². The van der Waals surface area contributed by atoms with E-state index in [0.717, 1.165) is 25.1 Å².